The van der Waals surface area contributed by atoms with Crippen LogP contribution < -0.4 is 0 Å². The fraction of sp³-hybridized carbons (Fsp3) is 0.500. The number of nitrogens with one attached hydrogen (secondary N) is 1. The predicted molar refractivity (Wildman–Crippen MR) is 53.3 cm³/mol. The van der Waals surface area contributed by atoms with E-state index in [-0.39, 0.29) is 0 Å². The molecule has 13 heavy (non-hydrogen) atoms. The van der Waals surface area contributed by atoms with Gasteiger partial charge in [0.2, 0.25) is 0 Å². The number of aromatic amines is 1. The number of imidazole rings is 1. The first-order valence-corrected chi connectivity index (χ1v) is 4.69. The normalized spacial score (nSPS) is 23.6. The van der Waals surface area contributed by atoms with Crippen LogP contribution in [0, 0.1) is 0 Å². The molecule has 1 N–H and O–H groups in total. The van der Waals surface area contributed by atoms with Crippen LogP contribution >= 0.6 is 0 Å². The smallest absolute Gasteiger partial charge is 0.123 e. The van der Waals surface area contributed by atoms with E-state index in [9.17, 15) is 0 Å². The molecule has 1 aliphatic heterocycles. The third-order valence-electron chi connectivity index (χ3n) is 2.67. The van der Waals surface area contributed by atoms with Crippen LogP contribution in [0.4, 0.5) is 0 Å². The van der Waals surface area contributed by atoms with Crippen LogP contribution in [-0.2, 0) is 0 Å². The summed E-state index contributed by atoms with van der Waals surface area (Å²) in [6.07, 6.45) is 6.12. The van der Waals surface area contributed by atoms with E-state index >= 15 is 0 Å². The fourth-order valence-electron chi connectivity index (χ4n) is 1.88. The zero-order chi connectivity index (χ0) is 9.26. The number of hydrogen-bond donors (Lipinski definition) is 1. The second kappa shape index (κ2) is 3.34. The van der Waals surface area contributed by atoms with Gasteiger partial charge < -0.3 is 4.98 Å². The van der Waals surface area contributed by atoms with Crippen molar-refractivity contribution in [2.24, 2.45) is 0 Å². The quantitative estimate of drug-likeness (QED) is 0.747. The number of aromatic nitrogens is 2. The van der Waals surface area contributed by atoms with E-state index in [0.717, 1.165) is 11.5 Å². The van der Waals surface area contributed by atoms with Gasteiger partial charge in [-0.25, -0.2) is 4.98 Å². The van der Waals surface area contributed by atoms with Crippen molar-refractivity contribution in [2.45, 2.75) is 18.9 Å². The maximum Gasteiger partial charge on any atom is 0.123 e. The zero-order valence-corrected chi connectivity index (χ0v) is 7.95. The Kier molecular flexibility index (Phi) is 2.19. The number of hydrogen-bond acceptors (Lipinski definition) is 2. The third-order valence-corrected chi connectivity index (χ3v) is 2.67. The summed E-state index contributed by atoms with van der Waals surface area (Å²) in [5.74, 6) is 1.08. The molecular formula is C10H15N3. The maximum absolute atomic E-state index is 4.35. The van der Waals surface area contributed by atoms with E-state index in [1.807, 2.05) is 6.20 Å². The Morgan fingerprint density at radius 1 is 1.77 bits per heavy atom. The second-order valence-corrected chi connectivity index (χ2v) is 3.57. The molecule has 0 spiro atoms. The van der Waals surface area contributed by atoms with Crippen LogP contribution in [0.15, 0.2) is 12.8 Å². The van der Waals surface area contributed by atoms with Gasteiger partial charge in [-0.3, -0.25) is 4.90 Å². The van der Waals surface area contributed by atoms with Gasteiger partial charge in [-0.15, -0.1) is 0 Å². The van der Waals surface area contributed by atoms with Crippen molar-refractivity contribution in [1.29, 1.82) is 0 Å². The molecule has 3 nitrogen and oxygen atoms in total. The predicted octanol–water partition coefficient (Wildman–Crippen LogP) is 1.82. The summed E-state index contributed by atoms with van der Waals surface area (Å²) in [7, 11) is 2.15. The molecule has 0 amide bonds. The summed E-state index contributed by atoms with van der Waals surface area (Å²) in [6, 6.07) is 0.480. The maximum atomic E-state index is 4.35. The van der Waals surface area contributed by atoms with Gasteiger partial charge in [0.1, 0.15) is 5.82 Å². The zero-order valence-electron chi connectivity index (χ0n) is 7.95. The lowest BCUT2D eigenvalue weighted by molar-refractivity contribution is 0.307. The fourth-order valence-corrected chi connectivity index (χ4v) is 1.88. The van der Waals surface area contributed by atoms with Crippen molar-refractivity contribution in [3.63, 3.8) is 0 Å². The molecule has 1 aromatic heterocycles. The Morgan fingerprint density at radius 3 is 3.15 bits per heavy atom. The summed E-state index contributed by atoms with van der Waals surface area (Å²) in [5, 5.41) is 0. The minimum absolute atomic E-state index is 0.480. The Morgan fingerprint density at radius 2 is 2.62 bits per heavy atom. The molecule has 70 valence electrons. The first kappa shape index (κ1) is 8.51. The van der Waals surface area contributed by atoms with Crippen LogP contribution in [0.1, 0.15) is 30.4 Å². The number of likely N-dealkylation sites (tertiary alicyclic amines) is 1. The largest absolute Gasteiger partial charge is 0.341 e. The van der Waals surface area contributed by atoms with Crippen molar-refractivity contribution >= 4 is 6.08 Å². The number of nitrogens with zero attached hydrogens (tertiary/aromatic N) is 2. The van der Waals surface area contributed by atoms with Gasteiger partial charge in [-0.05, 0) is 32.5 Å². The van der Waals surface area contributed by atoms with Gasteiger partial charge in [0, 0.05) is 0 Å². The molecule has 3 heteroatoms. The lowest BCUT2D eigenvalue weighted by Crippen LogP contribution is -2.18. The molecule has 0 aromatic carbocycles. The van der Waals surface area contributed by atoms with Gasteiger partial charge >= 0.3 is 0 Å². The average molecular weight is 177 g/mol. The van der Waals surface area contributed by atoms with Crippen molar-refractivity contribution in [3.05, 3.63) is 24.3 Å². The van der Waals surface area contributed by atoms with E-state index in [1.165, 1.54) is 19.4 Å². The first-order valence-electron chi connectivity index (χ1n) is 4.69. The first-order chi connectivity index (χ1) is 6.31. The summed E-state index contributed by atoms with van der Waals surface area (Å²) >= 11 is 0. The molecule has 0 bridgehead atoms. The molecule has 0 radical (unpaired) electrons. The standard InChI is InChI=1S/C10H15N3/c1-3-8-7-11-10(12-8)9-5-4-6-13(9)2/h3,7,9H,1,4-6H2,2H3,(H,11,12). The lowest BCUT2D eigenvalue weighted by atomic mass is 10.2. The highest BCUT2D eigenvalue weighted by molar-refractivity contribution is 5.40. The van der Waals surface area contributed by atoms with E-state index in [0.29, 0.717) is 6.04 Å². The van der Waals surface area contributed by atoms with Gasteiger partial charge in [-0.2, -0.15) is 0 Å². The Bertz CT molecular complexity index is 303. The summed E-state index contributed by atoms with van der Waals surface area (Å²) in [6.45, 7) is 4.88. The Labute approximate surface area is 78.5 Å². The van der Waals surface area contributed by atoms with Gasteiger partial charge in [-0.1, -0.05) is 6.58 Å². The lowest BCUT2D eigenvalue weighted by Gasteiger charge is -2.16. The molecule has 1 unspecified atom stereocenters. The van der Waals surface area contributed by atoms with E-state index in [2.05, 4.69) is 28.5 Å². The molecule has 1 atom stereocenters. The van der Waals surface area contributed by atoms with E-state index in [4.69, 9.17) is 0 Å². The highest BCUT2D eigenvalue weighted by Gasteiger charge is 2.24. The van der Waals surface area contributed by atoms with Crippen molar-refractivity contribution < 1.29 is 0 Å². The van der Waals surface area contributed by atoms with Gasteiger partial charge in [0.15, 0.2) is 0 Å². The van der Waals surface area contributed by atoms with Crippen molar-refractivity contribution in [2.75, 3.05) is 13.6 Å². The van der Waals surface area contributed by atoms with Gasteiger partial charge in [0.25, 0.3) is 0 Å². The van der Waals surface area contributed by atoms with Crippen LogP contribution in [0.3, 0.4) is 0 Å². The topological polar surface area (TPSA) is 31.9 Å². The second-order valence-electron chi connectivity index (χ2n) is 3.57. The Hall–Kier alpha value is -1.09. The number of rotatable bonds is 2. The SMILES string of the molecule is C=Cc1cnc(C2CCCN2C)[nH]1. The van der Waals surface area contributed by atoms with Crippen LogP contribution in [-0.4, -0.2) is 28.5 Å². The van der Waals surface area contributed by atoms with Crippen LogP contribution in [0.2, 0.25) is 0 Å². The summed E-state index contributed by atoms with van der Waals surface area (Å²) in [4.78, 5) is 9.95. The molecule has 2 heterocycles. The Balaban J connectivity index is 2.19. The molecular weight excluding hydrogens is 162 g/mol. The third kappa shape index (κ3) is 1.52. The monoisotopic (exact) mass is 177 g/mol. The highest BCUT2D eigenvalue weighted by atomic mass is 15.2. The summed E-state index contributed by atoms with van der Waals surface area (Å²) < 4.78 is 0. The van der Waals surface area contributed by atoms with Crippen molar-refractivity contribution in [3.8, 4) is 0 Å². The highest BCUT2D eigenvalue weighted by Crippen LogP contribution is 2.27. The number of H-pyrrole nitrogens is 1. The van der Waals surface area contributed by atoms with Crippen molar-refractivity contribution in [1.82, 2.24) is 14.9 Å². The molecule has 1 aliphatic rings. The molecule has 0 saturated carbocycles. The van der Waals surface area contributed by atoms with E-state index in [1.54, 1.807) is 6.08 Å². The molecule has 1 fully saturated rings. The molecule has 1 aromatic rings. The average Bonchev–Trinajstić information content (AvgIpc) is 2.71. The molecule has 1 saturated heterocycles. The summed E-state index contributed by atoms with van der Waals surface area (Å²) in [5.41, 5.74) is 1.01. The minimum atomic E-state index is 0.480. The van der Waals surface area contributed by atoms with Crippen LogP contribution in [0.5, 0.6) is 0 Å². The van der Waals surface area contributed by atoms with Crippen LogP contribution in [0.25, 0.3) is 6.08 Å². The molecule has 2 rings (SSSR count). The minimum Gasteiger partial charge on any atom is -0.341 e. The molecule has 0 aliphatic carbocycles. The van der Waals surface area contributed by atoms with E-state index < -0.39 is 0 Å². The van der Waals surface area contributed by atoms with Gasteiger partial charge in [0.05, 0.1) is 17.9 Å².